The predicted octanol–water partition coefficient (Wildman–Crippen LogP) is 4.75. The van der Waals surface area contributed by atoms with Gasteiger partial charge in [-0.15, -0.1) is 11.3 Å². The highest BCUT2D eigenvalue weighted by Gasteiger charge is 2.28. The summed E-state index contributed by atoms with van der Waals surface area (Å²) in [5.41, 5.74) is 3.97. The lowest BCUT2D eigenvalue weighted by molar-refractivity contribution is -0.121. The molecule has 1 aliphatic heterocycles. The summed E-state index contributed by atoms with van der Waals surface area (Å²) in [5, 5.41) is 3.48. The first-order chi connectivity index (χ1) is 17.4. The minimum absolute atomic E-state index is 0.132. The number of ketones is 1. The minimum atomic E-state index is -0.299. The van der Waals surface area contributed by atoms with E-state index in [1.54, 1.807) is 47.9 Å². The van der Waals surface area contributed by atoms with E-state index in [0.29, 0.717) is 22.7 Å². The molecule has 0 saturated carbocycles. The summed E-state index contributed by atoms with van der Waals surface area (Å²) >= 11 is 1.55. The lowest BCUT2D eigenvalue weighted by Gasteiger charge is -2.29. The zero-order chi connectivity index (χ0) is 25.2. The minimum Gasteiger partial charge on any atom is -0.482 e. The van der Waals surface area contributed by atoms with Crippen LogP contribution in [-0.4, -0.2) is 40.7 Å². The van der Waals surface area contributed by atoms with Gasteiger partial charge in [0.25, 0.3) is 5.91 Å². The number of amides is 2. The molecule has 1 N–H and O–H groups in total. The van der Waals surface area contributed by atoms with E-state index >= 15 is 0 Å². The number of ether oxygens (including phenoxy) is 1. The van der Waals surface area contributed by atoms with Gasteiger partial charge in [-0.3, -0.25) is 24.3 Å². The Morgan fingerprint density at radius 3 is 2.64 bits per heavy atom. The van der Waals surface area contributed by atoms with E-state index in [1.807, 2.05) is 37.3 Å². The van der Waals surface area contributed by atoms with Crippen LogP contribution in [0, 0.1) is 6.92 Å². The first-order valence-corrected chi connectivity index (χ1v) is 12.1. The third-order valence-electron chi connectivity index (χ3n) is 5.68. The fraction of sp³-hybridized carbons (Fsp3) is 0.148. The predicted molar refractivity (Wildman–Crippen MR) is 138 cm³/mol. The van der Waals surface area contributed by atoms with Gasteiger partial charge in [-0.1, -0.05) is 6.07 Å². The van der Waals surface area contributed by atoms with Crippen molar-refractivity contribution in [2.45, 2.75) is 13.8 Å². The number of aryl methyl sites for hydroxylation is 1. The van der Waals surface area contributed by atoms with Crippen molar-refractivity contribution >= 4 is 40.3 Å². The number of Topliss-reactive ketones (excluding diaryl/α,β-unsaturated/α-hetero) is 1. The van der Waals surface area contributed by atoms with Crippen LogP contribution in [0.5, 0.6) is 5.75 Å². The fourth-order valence-electron chi connectivity index (χ4n) is 3.96. The van der Waals surface area contributed by atoms with Crippen molar-refractivity contribution in [3.05, 3.63) is 77.3 Å². The zero-order valence-electron chi connectivity index (χ0n) is 19.6. The van der Waals surface area contributed by atoms with Crippen LogP contribution < -0.4 is 15.0 Å². The number of fused-ring (bicyclic) bond motifs is 1. The highest BCUT2D eigenvalue weighted by Crippen LogP contribution is 2.39. The number of hydrogen-bond donors (Lipinski definition) is 1. The molecule has 5 rings (SSSR count). The second-order valence-electron chi connectivity index (χ2n) is 8.27. The van der Waals surface area contributed by atoms with Crippen molar-refractivity contribution in [3.8, 4) is 27.7 Å². The fourth-order valence-corrected chi connectivity index (χ4v) is 4.88. The van der Waals surface area contributed by atoms with E-state index in [9.17, 15) is 14.4 Å². The van der Waals surface area contributed by atoms with E-state index in [-0.39, 0.29) is 30.7 Å². The largest absolute Gasteiger partial charge is 0.482 e. The average molecular weight is 499 g/mol. The summed E-state index contributed by atoms with van der Waals surface area (Å²) in [4.78, 5) is 48.7. The number of nitrogens with one attached hydrogen (secondary N) is 1. The van der Waals surface area contributed by atoms with Crippen LogP contribution in [0.1, 0.15) is 22.2 Å². The maximum absolute atomic E-state index is 13.0. The zero-order valence-corrected chi connectivity index (χ0v) is 20.5. The summed E-state index contributed by atoms with van der Waals surface area (Å²) in [6.45, 7) is 3.14. The van der Waals surface area contributed by atoms with E-state index < -0.39 is 0 Å². The Balaban J connectivity index is 1.43. The number of carbonyl (C=O) groups excluding carboxylic acids is 3. The molecule has 1 aliphatic rings. The molecular formula is C27H22N4O4S. The van der Waals surface area contributed by atoms with Crippen molar-refractivity contribution in [3.63, 3.8) is 0 Å². The Labute approximate surface area is 211 Å². The normalized spacial score (nSPS) is 12.6. The van der Waals surface area contributed by atoms with Crippen LogP contribution in [0.25, 0.3) is 22.0 Å². The Hall–Kier alpha value is -4.37. The Kier molecular flexibility index (Phi) is 6.30. The quantitative estimate of drug-likeness (QED) is 0.385. The van der Waals surface area contributed by atoms with Crippen molar-refractivity contribution in [2.75, 3.05) is 23.4 Å². The molecule has 0 aliphatic carbocycles. The summed E-state index contributed by atoms with van der Waals surface area (Å²) in [6.07, 6.45) is 1.73. The molecule has 2 amide bonds. The van der Waals surface area contributed by atoms with Crippen LogP contribution in [0.3, 0.4) is 0 Å². The van der Waals surface area contributed by atoms with Gasteiger partial charge in [0.15, 0.2) is 12.4 Å². The monoisotopic (exact) mass is 498 g/mol. The molecule has 0 unspecified atom stereocenters. The van der Waals surface area contributed by atoms with Crippen molar-refractivity contribution in [2.24, 2.45) is 0 Å². The van der Waals surface area contributed by atoms with Crippen LogP contribution in [0.4, 0.5) is 11.4 Å². The summed E-state index contributed by atoms with van der Waals surface area (Å²) in [6, 6.07) is 17.8. The first-order valence-electron chi connectivity index (χ1n) is 11.3. The molecule has 180 valence electrons. The van der Waals surface area contributed by atoms with Gasteiger partial charge < -0.3 is 10.1 Å². The highest BCUT2D eigenvalue weighted by molar-refractivity contribution is 7.15. The van der Waals surface area contributed by atoms with Gasteiger partial charge in [0, 0.05) is 34.8 Å². The number of nitrogens with zero attached hydrogens (tertiary/aromatic N) is 3. The standard InChI is InChI=1S/C27H22N4O4S/c1-16-26(30-27(36-16)21-5-3-4-12-28-21)19-8-11-24-22(13-19)31(25(34)15-35-24)14-23(33)18-6-9-20(10-7-18)29-17(2)32/h3-13H,14-15H2,1-2H3,(H,29,32). The molecule has 0 atom stereocenters. The number of thiazole rings is 1. The Morgan fingerprint density at radius 2 is 1.92 bits per heavy atom. The van der Waals surface area contributed by atoms with Gasteiger partial charge in [0.05, 0.1) is 23.6 Å². The van der Waals surface area contributed by atoms with Gasteiger partial charge >= 0.3 is 0 Å². The molecular weight excluding hydrogens is 476 g/mol. The van der Waals surface area contributed by atoms with Crippen LogP contribution >= 0.6 is 11.3 Å². The van der Waals surface area contributed by atoms with Crippen molar-refractivity contribution in [1.29, 1.82) is 0 Å². The van der Waals surface area contributed by atoms with Crippen LogP contribution in [0.15, 0.2) is 66.9 Å². The van der Waals surface area contributed by atoms with Crippen LogP contribution in [0.2, 0.25) is 0 Å². The van der Waals surface area contributed by atoms with Gasteiger partial charge in [-0.05, 0) is 61.5 Å². The number of carbonyl (C=O) groups is 3. The number of rotatable bonds is 6. The van der Waals surface area contributed by atoms with E-state index in [1.165, 1.54) is 11.8 Å². The molecule has 9 heteroatoms. The molecule has 0 saturated heterocycles. The number of aromatic nitrogens is 2. The third-order valence-corrected chi connectivity index (χ3v) is 6.68. The summed E-state index contributed by atoms with van der Waals surface area (Å²) in [5.74, 6) is -0.182. The lowest BCUT2D eigenvalue weighted by Crippen LogP contribution is -2.42. The van der Waals surface area contributed by atoms with Gasteiger partial charge in [0.2, 0.25) is 5.91 Å². The SMILES string of the molecule is CC(=O)Nc1ccc(C(=O)CN2C(=O)COc3ccc(-c4nc(-c5ccccn5)sc4C)cc32)cc1. The molecule has 0 bridgehead atoms. The average Bonchev–Trinajstić information content (AvgIpc) is 3.27. The number of benzene rings is 2. The molecule has 4 aromatic rings. The van der Waals surface area contributed by atoms with Crippen molar-refractivity contribution < 1.29 is 19.1 Å². The topological polar surface area (TPSA) is 101 Å². The Bertz CT molecular complexity index is 1470. The molecule has 3 heterocycles. The first kappa shape index (κ1) is 23.4. The Morgan fingerprint density at radius 1 is 1.11 bits per heavy atom. The molecule has 0 radical (unpaired) electrons. The van der Waals surface area contributed by atoms with Crippen LogP contribution in [-0.2, 0) is 9.59 Å². The molecule has 2 aromatic heterocycles. The maximum Gasteiger partial charge on any atom is 0.265 e. The second kappa shape index (κ2) is 9.71. The second-order valence-corrected chi connectivity index (χ2v) is 9.47. The summed E-state index contributed by atoms with van der Waals surface area (Å²) < 4.78 is 5.63. The van der Waals surface area contributed by atoms with Gasteiger partial charge in [-0.2, -0.15) is 0 Å². The maximum atomic E-state index is 13.0. The highest BCUT2D eigenvalue weighted by atomic mass is 32.1. The van der Waals surface area contributed by atoms with E-state index in [0.717, 1.165) is 26.8 Å². The van der Waals surface area contributed by atoms with Crippen molar-refractivity contribution in [1.82, 2.24) is 9.97 Å². The molecule has 0 spiro atoms. The third kappa shape index (κ3) is 4.73. The molecule has 0 fully saturated rings. The smallest absolute Gasteiger partial charge is 0.265 e. The van der Waals surface area contributed by atoms with Gasteiger partial charge in [-0.25, -0.2) is 4.98 Å². The van der Waals surface area contributed by atoms with E-state index in [2.05, 4.69) is 10.3 Å². The summed E-state index contributed by atoms with van der Waals surface area (Å²) in [7, 11) is 0. The lowest BCUT2D eigenvalue weighted by atomic mass is 10.1. The number of hydrogen-bond acceptors (Lipinski definition) is 7. The molecule has 8 nitrogen and oxygen atoms in total. The number of pyridine rings is 1. The van der Waals surface area contributed by atoms with Gasteiger partial charge in [0.1, 0.15) is 10.8 Å². The van der Waals surface area contributed by atoms with E-state index in [4.69, 9.17) is 9.72 Å². The molecule has 2 aromatic carbocycles. The number of anilines is 2. The molecule has 36 heavy (non-hydrogen) atoms.